The molecule has 0 bridgehead atoms. The maximum Gasteiger partial charge on any atom is 0 e. The molecular weight excluding hydrogens is 278 g/mol. The van der Waals surface area contributed by atoms with Gasteiger partial charge in [-0.15, -0.1) is 11.6 Å². The van der Waals surface area contributed by atoms with Gasteiger partial charge < -0.3 is 5.32 Å². The predicted molar refractivity (Wildman–Crippen MR) is 84.3 cm³/mol. The Labute approximate surface area is 138 Å². The minimum Gasteiger partial charge on any atom is -0.651 e. The third-order valence-electron chi connectivity index (χ3n) is 3.48. The molecule has 1 aromatic carbocycles. The zero-order valence-electron chi connectivity index (χ0n) is 13.2. The molecule has 20 heavy (non-hydrogen) atoms. The van der Waals surface area contributed by atoms with Gasteiger partial charge in [-0.05, 0) is 30.1 Å². The predicted octanol–water partition coefficient (Wildman–Crippen LogP) is 5.65. The van der Waals surface area contributed by atoms with E-state index in [1.54, 1.807) is 0 Å². The van der Waals surface area contributed by atoms with Crippen LogP contribution in [0.2, 0.25) is 0 Å². The van der Waals surface area contributed by atoms with E-state index in [0.717, 1.165) is 6.42 Å². The van der Waals surface area contributed by atoms with Crippen LogP contribution in [0.4, 0.5) is 0 Å². The van der Waals surface area contributed by atoms with E-state index in [-0.39, 0.29) is 33.3 Å². The summed E-state index contributed by atoms with van der Waals surface area (Å²) in [6.45, 7) is 10.9. The van der Waals surface area contributed by atoms with E-state index in [4.69, 9.17) is 5.32 Å². The van der Waals surface area contributed by atoms with Gasteiger partial charge in [-0.2, -0.15) is 0 Å². The van der Waals surface area contributed by atoms with E-state index in [0.29, 0.717) is 0 Å². The van der Waals surface area contributed by atoms with Crippen molar-refractivity contribution in [2.24, 2.45) is 0 Å². The van der Waals surface area contributed by atoms with E-state index in [1.807, 2.05) is 0 Å². The monoisotopic (exact) mass is 302 g/mol. The van der Waals surface area contributed by atoms with Crippen LogP contribution >= 0.6 is 0 Å². The van der Waals surface area contributed by atoms with Crippen LogP contribution in [-0.2, 0) is 21.7 Å². The molecule has 0 saturated carbocycles. The van der Waals surface area contributed by atoms with Crippen LogP contribution in [-0.4, -0.2) is 5.54 Å². The van der Waals surface area contributed by atoms with Gasteiger partial charge in [0.2, 0.25) is 0 Å². The molecule has 1 unspecified atom stereocenters. The number of nitrogens with zero attached hydrogens (tertiary/aromatic N) is 1. The summed E-state index contributed by atoms with van der Waals surface area (Å²) in [6, 6.07) is 8.92. The van der Waals surface area contributed by atoms with Gasteiger partial charge in [0.25, 0.3) is 0 Å². The Hall–Kier alpha value is -0.626. The Bertz CT molecular complexity index is 520. The number of hydrogen-bond acceptors (Lipinski definition) is 0. The van der Waals surface area contributed by atoms with E-state index < -0.39 is 0 Å². The molecule has 0 amide bonds. The zero-order valence-corrected chi connectivity index (χ0v) is 14.8. The quantitative estimate of drug-likeness (QED) is 0.640. The molecule has 0 spiro atoms. The molecule has 0 aliphatic heterocycles. The summed E-state index contributed by atoms with van der Waals surface area (Å²) >= 11 is 0. The van der Waals surface area contributed by atoms with Gasteiger partial charge in [-0.25, -0.2) is 0 Å². The fourth-order valence-corrected chi connectivity index (χ4v) is 2.72. The first-order valence-electron chi connectivity index (χ1n) is 7.06. The molecule has 1 aliphatic carbocycles. The molecule has 0 radical (unpaired) electrons. The first kappa shape index (κ1) is 17.4. The van der Waals surface area contributed by atoms with Crippen LogP contribution in [0.1, 0.15) is 58.2 Å². The van der Waals surface area contributed by atoms with Crippen LogP contribution in [0.5, 0.6) is 0 Å². The second-order valence-electron chi connectivity index (χ2n) is 6.33. The molecular formula is C18H24NTi-. The Balaban J connectivity index is 0.00000200. The van der Waals surface area contributed by atoms with Crippen LogP contribution in [0.3, 0.4) is 0 Å². The van der Waals surface area contributed by atoms with Crippen molar-refractivity contribution in [3.05, 3.63) is 58.4 Å². The normalized spacial score (nSPS) is 16.2. The summed E-state index contributed by atoms with van der Waals surface area (Å²) < 4.78 is 0. The maximum absolute atomic E-state index is 4.89. The smallest absolute Gasteiger partial charge is 0 e. The molecule has 1 aromatic rings. The van der Waals surface area contributed by atoms with E-state index in [1.165, 1.54) is 22.3 Å². The number of benzene rings is 1. The molecule has 0 N–H and O–H groups in total. The third-order valence-corrected chi connectivity index (χ3v) is 3.48. The summed E-state index contributed by atoms with van der Waals surface area (Å²) in [4.78, 5) is 0. The molecule has 0 fully saturated rings. The Morgan fingerprint density at radius 3 is 2.35 bits per heavy atom. The van der Waals surface area contributed by atoms with Crippen molar-refractivity contribution in [3.8, 4) is 0 Å². The summed E-state index contributed by atoms with van der Waals surface area (Å²) in [7, 11) is 0. The SMILES string of the molecule is CC1=C(c2ccccc2C(C)[N-]C(C)(C)C)CC=C1.[Ti]. The Morgan fingerprint density at radius 2 is 1.80 bits per heavy atom. The van der Waals surface area contributed by atoms with Crippen molar-refractivity contribution in [1.29, 1.82) is 0 Å². The fourth-order valence-electron chi connectivity index (χ4n) is 2.72. The third kappa shape index (κ3) is 4.18. The molecule has 0 aromatic heterocycles. The van der Waals surface area contributed by atoms with Gasteiger partial charge in [-0.3, -0.25) is 0 Å². The standard InChI is InChI=1S/C18H24N.Ti/c1-13-9-8-12-15(13)17-11-7-6-10-16(17)14(2)19-18(3,4)5;/h6-11,14H,12H2,1-5H3;/q-1;. The molecule has 2 rings (SSSR count). The van der Waals surface area contributed by atoms with Crippen molar-refractivity contribution in [3.63, 3.8) is 0 Å². The average Bonchev–Trinajstić information content (AvgIpc) is 2.73. The van der Waals surface area contributed by atoms with Gasteiger partial charge in [0.05, 0.1) is 0 Å². The van der Waals surface area contributed by atoms with E-state index in [2.05, 4.69) is 71.0 Å². The Morgan fingerprint density at radius 1 is 1.15 bits per heavy atom. The van der Waals surface area contributed by atoms with Crippen LogP contribution in [0.25, 0.3) is 10.9 Å². The first-order chi connectivity index (χ1) is 8.88. The zero-order chi connectivity index (χ0) is 14.0. The van der Waals surface area contributed by atoms with Crippen LogP contribution in [0.15, 0.2) is 42.0 Å². The van der Waals surface area contributed by atoms with Crippen molar-refractivity contribution in [1.82, 2.24) is 0 Å². The molecule has 1 aliphatic rings. The van der Waals surface area contributed by atoms with Crippen molar-refractivity contribution in [2.45, 2.75) is 52.6 Å². The average molecular weight is 302 g/mol. The van der Waals surface area contributed by atoms with Gasteiger partial charge in [0.15, 0.2) is 0 Å². The van der Waals surface area contributed by atoms with E-state index >= 15 is 0 Å². The molecule has 1 nitrogen and oxygen atoms in total. The van der Waals surface area contributed by atoms with Gasteiger partial charge in [-0.1, -0.05) is 69.7 Å². The second-order valence-corrected chi connectivity index (χ2v) is 6.33. The largest absolute Gasteiger partial charge is 0.651 e. The van der Waals surface area contributed by atoms with Crippen molar-refractivity contribution in [2.75, 3.05) is 0 Å². The molecule has 0 saturated heterocycles. The van der Waals surface area contributed by atoms with Crippen LogP contribution < -0.4 is 0 Å². The summed E-state index contributed by atoms with van der Waals surface area (Å²) in [6.07, 6.45) is 5.51. The van der Waals surface area contributed by atoms with Gasteiger partial charge in [0.1, 0.15) is 0 Å². The van der Waals surface area contributed by atoms with Crippen LogP contribution in [0, 0.1) is 0 Å². The first-order valence-corrected chi connectivity index (χ1v) is 7.06. The number of allylic oxidation sites excluding steroid dienone is 4. The van der Waals surface area contributed by atoms with E-state index in [9.17, 15) is 0 Å². The Kier molecular flexibility index (Phi) is 6.00. The summed E-state index contributed by atoms with van der Waals surface area (Å²) in [5, 5.41) is 4.89. The number of rotatable bonds is 3. The van der Waals surface area contributed by atoms with Crippen molar-refractivity contribution >= 4 is 5.57 Å². The maximum atomic E-state index is 4.89. The van der Waals surface area contributed by atoms with Gasteiger partial charge in [0, 0.05) is 21.7 Å². The van der Waals surface area contributed by atoms with Crippen molar-refractivity contribution < 1.29 is 21.7 Å². The van der Waals surface area contributed by atoms with Gasteiger partial charge >= 0.3 is 0 Å². The second kappa shape index (κ2) is 6.89. The summed E-state index contributed by atoms with van der Waals surface area (Å²) in [5.74, 6) is 0. The molecule has 106 valence electrons. The number of hydrogen-bond donors (Lipinski definition) is 0. The molecule has 2 heteroatoms. The summed E-state index contributed by atoms with van der Waals surface area (Å²) in [5.41, 5.74) is 5.55. The topological polar surface area (TPSA) is 14.1 Å². The fraction of sp³-hybridized carbons (Fsp3) is 0.444. The minimum atomic E-state index is 0. The molecule has 1 atom stereocenters. The molecule has 0 heterocycles. The minimum absolute atomic E-state index is 0.